The quantitative estimate of drug-likeness (QED) is 0.821. The lowest BCUT2D eigenvalue weighted by Crippen LogP contribution is -2.29. The van der Waals surface area contributed by atoms with Gasteiger partial charge in [0.15, 0.2) is 0 Å². The van der Waals surface area contributed by atoms with Crippen molar-refractivity contribution < 1.29 is 4.52 Å². The monoisotopic (exact) mass is 233 g/mol. The molecule has 1 N–H and O–H groups in total. The first-order chi connectivity index (χ1) is 8.25. The Labute approximate surface area is 99.0 Å². The van der Waals surface area contributed by atoms with E-state index in [0.717, 1.165) is 54.7 Å². The van der Waals surface area contributed by atoms with E-state index in [0.29, 0.717) is 0 Å². The van der Waals surface area contributed by atoms with Crippen molar-refractivity contribution in [2.45, 2.75) is 33.4 Å². The van der Waals surface area contributed by atoms with E-state index in [4.69, 9.17) is 4.52 Å². The Hall–Kier alpha value is -1.69. The number of fused-ring (bicyclic) bond motifs is 1. The van der Waals surface area contributed by atoms with Crippen molar-refractivity contribution in [2.24, 2.45) is 0 Å². The van der Waals surface area contributed by atoms with Crippen LogP contribution in [0.25, 0.3) is 0 Å². The van der Waals surface area contributed by atoms with Gasteiger partial charge < -0.3 is 14.4 Å². The van der Waals surface area contributed by atoms with Crippen LogP contribution in [0.1, 0.15) is 28.7 Å². The molecule has 3 heterocycles. The van der Waals surface area contributed by atoms with Gasteiger partial charge in [-0.15, -0.1) is 10.2 Å². The average Bonchev–Trinajstić information content (AvgIpc) is 2.88. The third-order valence-corrected chi connectivity index (χ3v) is 3.22. The van der Waals surface area contributed by atoms with Crippen LogP contribution in [0.3, 0.4) is 0 Å². The normalized spacial score (nSPS) is 14.9. The van der Waals surface area contributed by atoms with Gasteiger partial charge in [-0.2, -0.15) is 0 Å². The minimum absolute atomic E-state index is 0.744. The summed E-state index contributed by atoms with van der Waals surface area (Å²) in [5, 5.41) is 15.7. The van der Waals surface area contributed by atoms with Crippen LogP contribution >= 0.6 is 0 Å². The summed E-state index contributed by atoms with van der Waals surface area (Å²) in [5.41, 5.74) is 2.06. The molecule has 1 aliphatic rings. The van der Waals surface area contributed by atoms with E-state index in [1.807, 2.05) is 13.8 Å². The summed E-state index contributed by atoms with van der Waals surface area (Å²) in [7, 11) is 0. The highest BCUT2D eigenvalue weighted by molar-refractivity contribution is 5.25. The summed E-state index contributed by atoms with van der Waals surface area (Å²) in [6.45, 7) is 6.60. The Balaban J connectivity index is 1.93. The second-order valence-electron chi connectivity index (χ2n) is 4.34. The lowest BCUT2D eigenvalue weighted by molar-refractivity contribution is 0.392. The van der Waals surface area contributed by atoms with E-state index >= 15 is 0 Å². The Morgan fingerprint density at radius 2 is 2.24 bits per heavy atom. The van der Waals surface area contributed by atoms with Gasteiger partial charge in [0.05, 0.1) is 12.2 Å². The summed E-state index contributed by atoms with van der Waals surface area (Å²) in [6, 6.07) is 0. The number of aryl methyl sites for hydroxylation is 2. The largest absolute Gasteiger partial charge is 0.361 e. The number of hydrogen-bond donors (Lipinski definition) is 1. The fourth-order valence-corrected chi connectivity index (χ4v) is 2.20. The first-order valence-corrected chi connectivity index (χ1v) is 5.79. The zero-order valence-electron chi connectivity index (χ0n) is 10.0. The molecule has 6 heteroatoms. The second-order valence-corrected chi connectivity index (χ2v) is 4.34. The standard InChI is InChI=1S/C11H15N5O/c1-7-9(8(2)17-15-7)5-10-13-14-11-6-12-3-4-16(10)11/h12H,3-6H2,1-2H3. The highest BCUT2D eigenvalue weighted by Gasteiger charge is 2.18. The molecule has 1 aliphatic heterocycles. The minimum Gasteiger partial charge on any atom is -0.361 e. The van der Waals surface area contributed by atoms with E-state index in [1.165, 1.54) is 0 Å². The van der Waals surface area contributed by atoms with Gasteiger partial charge in [-0.25, -0.2) is 0 Å². The van der Waals surface area contributed by atoms with E-state index in [9.17, 15) is 0 Å². The third-order valence-electron chi connectivity index (χ3n) is 3.22. The van der Waals surface area contributed by atoms with Crippen molar-refractivity contribution in [1.29, 1.82) is 0 Å². The SMILES string of the molecule is Cc1noc(C)c1Cc1nnc2n1CCNC2. The van der Waals surface area contributed by atoms with E-state index in [1.54, 1.807) is 0 Å². The van der Waals surface area contributed by atoms with Crippen molar-refractivity contribution >= 4 is 0 Å². The van der Waals surface area contributed by atoms with E-state index in [2.05, 4.69) is 25.2 Å². The highest BCUT2D eigenvalue weighted by Crippen LogP contribution is 2.17. The Kier molecular flexibility index (Phi) is 2.44. The maximum atomic E-state index is 5.17. The maximum absolute atomic E-state index is 5.17. The molecular formula is C11H15N5O. The molecule has 0 atom stereocenters. The molecule has 0 saturated carbocycles. The molecule has 0 bridgehead atoms. The van der Waals surface area contributed by atoms with Gasteiger partial charge in [0.25, 0.3) is 0 Å². The summed E-state index contributed by atoms with van der Waals surface area (Å²) in [6.07, 6.45) is 0.744. The molecule has 17 heavy (non-hydrogen) atoms. The lowest BCUT2D eigenvalue weighted by atomic mass is 10.1. The number of nitrogens with one attached hydrogen (secondary N) is 1. The van der Waals surface area contributed by atoms with Crippen LogP contribution < -0.4 is 5.32 Å². The molecule has 90 valence electrons. The summed E-state index contributed by atoms with van der Waals surface area (Å²) in [4.78, 5) is 0. The molecule has 0 spiro atoms. The second kappa shape index (κ2) is 3.96. The molecule has 2 aromatic heterocycles. The topological polar surface area (TPSA) is 68.8 Å². The van der Waals surface area contributed by atoms with Gasteiger partial charge in [-0.05, 0) is 13.8 Å². The van der Waals surface area contributed by atoms with Gasteiger partial charge in [0, 0.05) is 25.1 Å². The van der Waals surface area contributed by atoms with E-state index < -0.39 is 0 Å². The molecule has 2 aromatic rings. The van der Waals surface area contributed by atoms with Gasteiger partial charge in [-0.1, -0.05) is 5.16 Å². The van der Waals surface area contributed by atoms with Crippen LogP contribution in [0.4, 0.5) is 0 Å². The predicted octanol–water partition coefficient (Wildman–Crippen LogP) is 0.577. The number of hydrogen-bond acceptors (Lipinski definition) is 5. The summed E-state index contributed by atoms with van der Waals surface area (Å²) < 4.78 is 7.35. The molecule has 0 radical (unpaired) electrons. The zero-order chi connectivity index (χ0) is 11.8. The van der Waals surface area contributed by atoms with Gasteiger partial charge in [0.2, 0.25) is 0 Å². The lowest BCUT2D eigenvalue weighted by Gasteiger charge is -2.15. The third kappa shape index (κ3) is 1.74. The van der Waals surface area contributed by atoms with Gasteiger partial charge in [0.1, 0.15) is 17.4 Å². The van der Waals surface area contributed by atoms with Crippen LogP contribution in [-0.4, -0.2) is 26.5 Å². The van der Waals surface area contributed by atoms with Crippen LogP contribution in [0, 0.1) is 13.8 Å². The van der Waals surface area contributed by atoms with Gasteiger partial charge >= 0.3 is 0 Å². The first-order valence-electron chi connectivity index (χ1n) is 5.79. The number of rotatable bonds is 2. The molecule has 3 rings (SSSR count). The number of nitrogens with zero attached hydrogens (tertiary/aromatic N) is 4. The Morgan fingerprint density at radius 3 is 3.00 bits per heavy atom. The fourth-order valence-electron chi connectivity index (χ4n) is 2.20. The molecule has 0 unspecified atom stereocenters. The smallest absolute Gasteiger partial charge is 0.147 e. The molecule has 6 nitrogen and oxygen atoms in total. The van der Waals surface area contributed by atoms with Crippen LogP contribution in [0.15, 0.2) is 4.52 Å². The zero-order valence-corrected chi connectivity index (χ0v) is 10.0. The van der Waals surface area contributed by atoms with Crippen LogP contribution in [0.2, 0.25) is 0 Å². The highest BCUT2D eigenvalue weighted by atomic mass is 16.5. The predicted molar refractivity (Wildman–Crippen MR) is 60.5 cm³/mol. The Morgan fingerprint density at radius 1 is 1.35 bits per heavy atom. The summed E-state index contributed by atoms with van der Waals surface area (Å²) in [5.74, 6) is 2.88. The molecule has 0 amide bonds. The molecule has 0 aromatic carbocycles. The van der Waals surface area contributed by atoms with Crippen molar-refractivity contribution in [2.75, 3.05) is 6.54 Å². The van der Waals surface area contributed by atoms with Gasteiger partial charge in [-0.3, -0.25) is 0 Å². The van der Waals surface area contributed by atoms with E-state index in [-0.39, 0.29) is 0 Å². The molecule has 0 aliphatic carbocycles. The Bertz CT molecular complexity index is 523. The fraction of sp³-hybridized carbons (Fsp3) is 0.545. The average molecular weight is 233 g/mol. The number of aromatic nitrogens is 4. The van der Waals surface area contributed by atoms with Crippen molar-refractivity contribution in [3.8, 4) is 0 Å². The van der Waals surface area contributed by atoms with Crippen molar-refractivity contribution in [3.63, 3.8) is 0 Å². The minimum atomic E-state index is 0.744. The molecule has 0 saturated heterocycles. The summed E-state index contributed by atoms with van der Waals surface area (Å²) >= 11 is 0. The molecule has 0 fully saturated rings. The van der Waals surface area contributed by atoms with Crippen molar-refractivity contribution in [3.05, 3.63) is 28.7 Å². The van der Waals surface area contributed by atoms with Crippen LogP contribution in [-0.2, 0) is 19.5 Å². The molecular weight excluding hydrogens is 218 g/mol. The van der Waals surface area contributed by atoms with Crippen molar-refractivity contribution in [1.82, 2.24) is 25.2 Å². The van der Waals surface area contributed by atoms with Crippen LogP contribution in [0.5, 0.6) is 0 Å². The maximum Gasteiger partial charge on any atom is 0.147 e. The first kappa shape index (κ1) is 10.5.